The molecule has 2 aromatic heterocycles. The average Bonchev–Trinajstić information content (AvgIpc) is 2.52. The molecule has 0 bridgehead atoms. The first-order valence-corrected chi connectivity index (χ1v) is 8.18. The van der Waals surface area contributed by atoms with Gasteiger partial charge < -0.3 is 10.6 Å². The van der Waals surface area contributed by atoms with Gasteiger partial charge >= 0.3 is 0 Å². The topological polar surface area (TPSA) is 80.8 Å². The highest BCUT2D eigenvalue weighted by atomic mass is 32.2. The number of aromatic nitrogens is 4. The first kappa shape index (κ1) is 15.5. The standard InChI is InChI=1S/C16H18N6S/c1-10-8-13(11-6-4-5-7-12(11)18-10)23-9-14-19-15(17)21-16(20-14)22(2)3/h4-8H,9H2,1-3H3,(H2,17,19,20,21). The van der Waals surface area contributed by atoms with Crippen LogP contribution in [0.2, 0.25) is 0 Å². The van der Waals surface area contributed by atoms with Crippen LogP contribution in [-0.2, 0) is 5.75 Å². The molecule has 0 saturated carbocycles. The molecule has 1 aromatic carbocycles. The highest BCUT2D eigenvalue weighted by Gasteiger charge is 2.09. The summed E-state index contributed by atoms with van der Waals surface area (Å²) in [5, 5.41) is 1.14. The van der Waals surface area contributed by atoms with Crippen molar-refractivity contribution < 1.29 is 0 Å². The monoisotopic (exact) mass is 326 g/mol. The molecule has 0 saturated heterocycles. The summed E-state index contributed by atoms with van der Waals surface area (Å²) in [7, 11) is 3.76. The van der Waals surface area contributed by atoms with Crippen LogP contribution in [0, 0.1) is 6.92 Å². The van der Waals surface area contributed by atoms with Gasteiger partial charge in [-0.1, -0.05) is 18.2 Å². The second kappa shape index (κ2) is 6.37. The van der Waals surface area contributed by atoms with E-state index in [0.29, 0.717) is 17.5 Å². The van der Waals surface area contributed by atoms with Gasteiger partial charge in [-0.15, -0.1) is 11.8 Å². The number of fused-ring (bicyclic) bond motifs is 1. The molecule has 0 atom stereocenters. The third-order valence-corrected chi connectivity index (χ3v) is 4.30. The fraction of sp³-hybridized carbons (Fsp3) is 0.250. The van der Waals surface area contributed by atoms with Crippen LogP contribution in [-0.4, -0.2) is 34.0 Å². The zero-order chi connectivity index (χ0) is 16.4. The SMILES string of the molecule is Cc1cc(SCc2nc(N)nc(N(C)C)n2)c2ccccc2n1. The van der Waals surface area contributed by atoms with Crippen molar-refractivity contribution in [2.45, 2.75) is 17.6 Å². The number of hydrogen-bond donors (Lipinski definition) is 1. The largest absolute Gasteiger partial charge is 0.368 e. The molecule has 0 unspecified atom stereocenters. The van der Waals surface area contributed by atoms with Gasteiger partial charge in [0.1, 0.15) is 5.82 Å². The molecular formula is C16H18N6S. The molecular weight excluding hydrogens is 308 g/mol. The Kier molecular flexibility index (Phi) is 4.29. The number of rotatable bonds is 4. The molecule has 0 fully saturated rings. The Bertz CT molecular complexity index is 849. The van der Waals surface area contributed by atoms with Crippen LogP contribution in [0.15, 0.2) is 35.2 Å². The van der Waals surface area contributed by atoms with Crippen molar-refractivity contribution in [1.82, 2.24) is 19.9 Å². The smallest absolute Gasteiger partial charge is 0.229 e. The van der Waals surface area contributed by atoms with E-state index in [0.717, 1.165) is 16.6 Å². The van der Waals surface area contributed by atoms with Gasteiger partial charge in [-0.2, -0.15) is 15.0 Å². The average molecular weight is 326 g/mol. The molecule has 2 heterocycles. The first-order chi connectivity index (χ1) is 11.0. The number of aryl methyl sites for hydroxylation is 1. The first-order valence-electron chi connectivity index (χ1n) is 7.20. The predicted molar refractivity (Wildman–Crippen MR) is 94.6 cm³/mol. The Morgan fingerprint density at radius 1 is 1.09 bits per heavy atom. The minimum Gasteiger partial charge on any atom is -0.368 e. The predicted octanol–water partition coefficient (Wildman–Crippen LogP) is 2.67. The Morgan fingerprint density at radius 2 is 1.87 bits per heavy atom. The van der Waals surface area contributed by atoms with E-state index in [1.165, 1.54) is 4.90 Å². The summed E-state index contributed by atoms with van der Waals surface area (Å²) in [6.07, 6.45) is 0. The van der Waals surface area contributed by atoms with Gasteiger partial charge in [0.25, 0.3) is 0 Å². The van der Waals surface area contributed by atoms with Crippen LogP contribution in [0.3, 0.4) is 0 Å². The second-order valence-electron chi connectivity index (χ2n) is 5.37. The van der Waals surface area contributed by atoms with E-state index in [1.807, 2.05) is 44.1 Å². The molecule has 118 valence electrons. The molecule has 0 spiro atoms. The van der Waals surface area contributed by atoms with E-state index in [-0.39, 0.29) is 5.95 Å². The second-order valence-corrected chi connectivity index (χ2v) is 6.39. The van der Waals surface area contributed by atoms with Crippen LogP contribution < -0.4 is 10.6 Å². The molecule has 2 N–H and O–H groups in total. The number of para-hydroxylation sites is 1. The Labute approximate surface area is 139 Å². The lowest BCUT2D eigenvalue weighted by atomic mass is 10.2. The van der Waals surface area contributed by atoms with Crippen LogP contribution in [0.25, 0.3) is 10.9 Å². The van der Waals surface area contributed by atoms with Crippen molar-refractivity contribution in [3.63, 3.8) is 0 Å². The van der Waals surface area contributed by atoms with Crippen molar-refractivity contribution in [3.05, 3.63) is 41.9 Å². The Hall–Kier alpha value is -2.41. The van der Waals surface area contributed by atoms with Crippen molar-refractivity contribution in [2.75, 3.05) is 24.7 Å². The van der Waals surface area contributed by atoms with Crippen molar-refractivity contribution in [3.8, 4) is 0 Å². The fourth-order valence-electron chi connectivity index (χ4n) is 2.22. The number of nitrogens with zero attached hydrogens (tertiary/aromatic N) is 5. The molecule has 23 heavy (non-hydrogen) atoms. The van der Waals surface area contributed by atoms with Crippen LogP contribution in [0.4, 0.5) is 11.9 Å². The van der Waals surface area contributed by atoms with Crippen molar-refractivity contribution >= 4 is 34.6 Å². The quantitative estimate of drug-likeness (QED) is 0.738. The van der Waals surface area contributed by atoms with Crippen LogP contribution >= 0.6 is 11.8 Å². The lowest BCUT2D eigenvalue weighted by molar-refractivity contribution is 0.919. The summed E-state index contributed by atoms with van der Waals surface area (Å²) in [4.78, 5) is 20.3. The number of nitrogen functional groups attached to an aromatic ring is 1. The Balaban J connectivity index is 1.89. The van der Waals surface area contributed by atoms with Gasteiger partial charge in [-0.25, -0.2) is 0 Å². The highest BCUT2D eigenvalue weighted by molar-refractivity contribution is 7.98. The highest BCUT2D eigenvalue weighted by Crippen LogP contribution is 2.29. The molecule has 0 radical (unpaired) electrons. The Morgan fingerprint density at radius 3 is 2.65 bits per heavy atom. The fourth-order valence-corrected chi connectivity index (χ4v) is 3.22. The summed E-state index contributed by atoms with van der Waals surface area (Å²) >= 11 is 1.68. The van der Waals surface area contributed by atoms with Gasteiger partial charge in [-0.3, -0.25) is 4.98 Å². The normalized spacial score (nSPS) is 10.9. The number of pyridine rings is 1. The van der Waals surface area contributed by atoms with E-state index in [4.69, 9.17) is 5.73 Å². The summed E-state index contributed by atoms with van der Waals surface area (Å²) in [6.45, 7) is 2.00. The number of nitrogens with two attached hydrogens (primary N) is 1. The van der Waals surface area contributed by atoms with Crippen molar-refractivity contribution in [2.24, 2.45) is 0 Å². The molecule has 0 amide bonds. The third-order valence-electron chi connectivity index (χ3n) is 3.25. The molecule has 7 heteroatoms. The molecule has 0 aliphatic carbocycles. The summed E-state index contributed by atoms with van der Waals surface area (Å²) in [5.41, 5.74) is 7.77. The maximum atomic E-state index is 5.77. The summed E-state index contributed by atoms with van der Waals surface area (Å²) < 4.78 is 0. The van der Waals surface area contributed by atoms with E-state index in [1.54, 1.807) is 11.8 Å². The minimum atomic E-state index is 0.245. The minimum absolute atomic E-state index is 0.245. The number of benzene rings is 1. The van der Waals surface area contributed by atoms with E-state index in [2.05, 4.69) is 32.1 Å². The third kappa shape index (κ3) is 3.50. The summed E-state index contributed by atoms with van der Waals surface area (Å²) in [6, 6.07) is 10.2. The maximum Gasteiger partial charge on any atom is 0.229 e. The number of thioether (sulfide) groups is 1. The summed E-state index contributed by atoms with van der Waals surface area (Å²) in [5.74, 6) is 2.12. The molecule has 6 nitrogen and oxygen atoms in total. The van der Waals surface area contributed by atoms with E-state index in [9.17, 15) is 0 Å². The van der Waals surface area contributed by atoms with Crippen molar-refractivity contribution in [1.29, 1.82) is 0 Å². The van der Waals surface area contributed by atoms with Gasteiger partial charge in [-0.05, 0) is 19.1 Å². The van der Waals surface area contributed by atoms with Crippen LogP contribution in [0.1, 0.15) is 11.5 Å². The molecule has 0 aliphatic rings. The molecule has 0 aliphatic heterocycles. The maximum absolute atomic E-state index is 5.77. The molecule has 3 rings (SSSR count). The zero-order valence-corrected chi connectivity index (χ0v) is 14.1. The lowest BCUT2D eigenvalue weighted by Crippen LogP contribution is -2.15. The zero-order valence-electron chi connectivity index (χ0n) is 13.3. The van der Waals surface area contributed by atoms with E-state index >= 15 is 0 Å². The number of hydrogen-bond acceptors (Lipinski definition) is 7. The number of anilines is 2. The van der Waals surface area contributed by atoms with Gasteiger partial charge in [0, 0.05) is 30.1 Å². The van der Waals surface area contributed by atoms with Crippen LogP contribution in [0.5, 0.6) is 0 Å². The molecule has 3 aromatic rings. The van der Waals surface area contributed by atoms with Gasteiger partial charge in [0.2, 0.25) is 11.9 Å². The lowest BCUT2D eigenvalue weighted by Gasteiger charge is -2.11. The van der Waals surface area contributed by atoms with Gasteiger partial charge in [0.05, 0.1) is 11.3 Å². The van der Waals surface area contributed by atoms with E-state index < -0.39 is 0 Å². The van der Waals surface area contributed by atoms with Gasteiger partial charge in [0.15, 0.2) is 0 Å².